The standard InChI is InChI=1S/C26H38ClN5O/c1-17-7-9-19(10-8-17)16-32-24(18(2)20-13-21(27)15-29-14-20)25(28)30-26(32)31-11-12-33-23-6-4-3-5-22(23)31/h13-15,17,19,22-23,26,30H,2-12,16,28H2,1H3/t17?,19?,22?,23?,26-/m0/s1. The van der Waals surface area contributed by atoms with Crippen LogP contribution >= 0.6 is 11.6 Å². The van der Waals surface area contributed by atoms with Crippen LogP contribution in [0.25, 0.3) is 5.57 Å². The molecule has 3 N–H and O–H groups in total. The zero-order chi connectivity index (χ0) is 22.9. The number of hydrogen-bond acceptors (Lipinski definition) is 6. The SMILES string of the molecule is C=C(C1=C(N)N[C@@H](N2CCOC3CCCCC32)N1CC1CCC(C)CC1)c1cncc(Cl)c1. The Balaban J connectivity index is 1.44. The Hall–Kier alpha value is -1.76. The summed E-state index contributed by atoms with van der Waals surface area (Å²) in [5.74, 6) is 2.21. The summed E-state index contributed by atoms with van der Waals surface area (Å²) in [5.41, 5.74) is 9.50. The molecule has 2 aliphatic heterocycles. The molecule has 0 amide bonds. The molecular weight excluding hydrogens is 434 g/mol. The van der Waals surface area contributed by atoms with Crippen molar-refractivity contribution in [2.45, 2.75) is 76.7 Å². The van der Waals surface area contributed by atoms with Crippen LogP contribution in [0.15, 0.2) is 36.6 Å². The van der Waals surface area contributed by atoms with E-state index in [1.54, 1.807) is 6.20 Å². The summed E-state index contributed by atoms with van der Waals surface area (Å²) in [5, 5.41) is 4.27. The molecule has 1 saturated heterocycles. The lowest BCUT2D eigenvalue weighted by atomic mass is 9.82. The molecule has 1 aromatic rings. The first-order valence-corrected chi connectivity index (χ1v) is 13.1. The van der Waals surface area contributed by atoms with E-state index < -0.39 is 0 Å². The van der Waals surface area contributed by atoms with Crippen LogP contribution < -0.4 is 11.1 Å². The van der Waals surface area contributed by atoms with Gasteiger partial charge in [0.15, 0.2) is 6.29 Å². The van der Waals surface area contributed by atoms with Crippen LogP contribution in [0, 0.1) is 11.8 Å². The molecule has 2 saturated carbocycles. The molecule has 0 aromatic carbocycles. The smallest absolute Gasteiger partial charge is 0.159 e. The van der Waals surface area contributed by atoms with Crippen LogP contribution in [0.4, 0.5) is 0 Å². The molecule has 0 radical (unpaired) electrons. The highest BCUT2D eigenvalue weighted by Crippen LogP contribution is 2.38. The van der Waals surface area contributed by atoms with Gasteiger partial charge in [-0.3, -0.25) is 9.88 Å². The molecule has 180 valence electrons. The quantitative estimate of drug-likeness (QED) is 0.657. The van der Waals surface area contributed by atoms with Gasteiger partial charge in [0.25, 0.3) is 0 Å². The minimum Gasteiger partial charge on any atom is -0.384 e. The van der Waals surface area contributed by atoms with Gasteiger partial charge in [0.2, 0.25) is 0 Å². The molecular formula is C26H38ClN5O. The van der Waals surface area contributed by atoms with Crippen LogP contribution in [0.3, 0.4) is 0 Å². The van der Waals surface area contributed by atoms with Gasteiger partial charge in [0, 0.05) is 42.7 Å². The Morgan fingerprint density at radius 1 is 1.21 bits per heavy atom. The van der Waals surface area contributed by atoms with E-state index >= 15 is 0 Å². The fourth-order valence-electron chi connectivity index (χ4n) is 6.28. The Morgan fingerprint density at radius 3 is 2.79 bits per heavy atom. The third-order valence-corrected chi connectivity index (χ3v) is 8.35. The van der Waals surface area contributed by atoms with Crippen LogP contribution in [0.1, 0.15) is 63.9 Å². The third kappa shape index (κ3) is 4.75. The number of ether oxygens (including phenoxy) is 1. The molecule has 33 heavy (non-hydrogen) atoms. The Morgan fingerprint density at radius 2 is 2.00 bits per heavy atom. The molecule has 2 unspecified atom stereocenters. The largest absolute Gasteiger partial charge is 0.384 e. The molecule has 1 aromatic heterocycles. The number of hydrogen-bond donors (Lipinski definition) is 2. The van der Waals surface area contributed by atoms with E-state index in [1.165, 1.54) is 44.9 Å². The van der Waals surface area contributed by atoms with Gasteiger partial charge in [0.05, 0.1) is 23.4 Å². The maximum atomic E-state index is 6.69. The first-order chi connectivity index (χ1) is 16.0. The summed E-state index contributed by atoms with van der Waals surface area (Å²) in [7, 11) is 0. The minimum absolute atomic E-state index is 0.0396. The number of nitrogens with one attached hydrogen (secondary N) is 1. The van der Waals surface area contributed by atoms with Crippen LogP contribution in [0.5, 0.6) is 0 Å². The topological polar surface area (TPSA) is 66.7 Å². The van der Waals surface area contributed by atoms with Gasteiger partial charge >= 0.3 is 0 Å². The van der Waals surface area contributed by atoms with Crippen molar-refractivity contribution in [3.05, 3.63) is 47.1 Å². The monoisotopic (exact) mass is 471 g/mol. The summed E-state index contributed by atoms with van der Waals surface area (Å²) in [6.45, 7) is 9.52. The van der Waals surface area contributed by atoms with Crippen LogP contribution in [-0.2, 0) is 4.74 Å². The fourth-order valence-corrected chi connectivity index (χ4v) is 6.46. The van der Waals surface area contributed by atoms with E-state index in [2.05, 4.69) is 33.6 Å². The number of fused-ring (bicyclic) bond motifs is 1. The predicted octanol–water partition coefficient (Wildman–Crippen LogP) is 4.53. The molecule has 2 aliphatic carbocycles. The molecule has 3 atom stereocenters. The predicted molar refractivity (Wildman–Crippen MR) is 133 cm³/mol. The van der Waals surface area contributed by atoms with Crippen molar-refractivity contribution >= 4 is 17.2 Å². The number of nitrogens with two attached hydrogens (primary N) is 1. The maximum Gasteiger partial charge on any atom is 0.159 e. The minimum atomic E-state index is 0.0396. The van der Waals surface area contributed by atoms with E-state index in [-0.39, 0.29) is 6.29 Å². The van der Waals surface area contributed by atoms with Crippen molar-refractivity contribution < 1.29 is 4.74 Å². The van der Waals surface area contributed by atoms with Crippen LogP contribution in [0.2, 0.25) is 5.02 Å². The van der Waals surface area contributed by atoms with Crippen LogP contribution in [-0.4, -0.2) is 52.9 Å². The average Bonchev–Trinajstić information content (AvgIpc) is 3.15. The van der Waals surface area contributed by atoms with Crippen molar-refractivity contribution in [2.24, 2.45) is 17.6 Å². The number of halogens is 1. The summed E-state index contributed by atoms with van der Waals surface area (Å²) < 4.78 is 6.18. The highest BCUT2D eigenvalue weighted by molar-refractivity contribution is 6.30. The number of morpholine rings is 1. The van der Waals surface area contributed by atoms with Crippen molar-refractivity contribution in [1.82, 2.24) is 20.1 Å². The van der Waals surface area contributed by atoms with E-state index in [4.69, 9.17) is 22.1 Å². The van der Waals surface area contributed by atoms with Crippen molar-refractivity contribution in [3.63, 3.8) is 0 Å². The van der Waals surface area contributed by atoms with Crippen molar-refractivity contribution in [1.29, 1.82) is 0 Å². The van der Waals surface area contributed by atoms with Gasteiger partial charge < -0.3 is 20.7 Å². The molecule has 3 fully saturated rings. The summed E-state index contributed by atoms with van der Waals surface area (Å²) >= 11 is 6.26. The molecule has 0 spiro atoms. The van der Waals surface area contributed by atoms with E-state index in [0.29, 0.717) is 28.9 Å². The maximum absolute atomic E-state index is 6.69. The lowest BCUT2D eigenvalue weighted by molar-refractivity contribution is -0.125. The van der Waals surface area contributed by atoms with E-state index in [9.17, 15) is 0 Å². The van der Waals surface area contributed by atoms with E-state index in [0.717, 1.165) is 48.9 Å². The zero-order valence-electron chi connectivity index (χ0n) is 19.8. The molecule has 4 aliphatic rings. The molecule has 3 heterocycles. The zero-order valence-corrected chi connectivity index (χ0v) is 20.6. The fraction of sp³-hybridized carbons (Fsp3) is 0.654. The van der Waals surface area contributed by atoms with Crippen molar-refractivity contribution in [2.75, 3.05) is 19.7 Å². The number of aromatic nitrogens is 1. The number of rotatable bonds is 5. The molecule has 5 rings (SSSR count). The Labute approximate surface area is 203 Å². The summed E-state index contributed by atoms with van der Waals surface area (Å²) in [6.07, 6.45) is 13.9. The van der Waals surface area contributed by atoms with Gasteiger partial charge in [-0.2, -0.15) is 0 Å². The number of pyridine rings is 1. The second-order valence-corrected chi connectivity index (χ2v) is 10.9. The Bertz CT molecular complexity index is 894. The summed E-state index contributed by atoms with van der Waals surface area (Å²) in [4.78, 5) is 9.40. The van der Waals surface area contributed by atoms with Gasteiger partial charge in [-0.05, 0) is 43.6 Å². The van der Waals surface area contributed by atoms with Gasteiger partial charge in [-0.25, -0.2) is 0 Å². The first kappa shape index (κ1) is 23.0. The van der Waals surface area contributed by atoms with Crippen molar-refractivity contribution in [3.8, 4) is 0 Å². The van der Waals surface area contributed by atoms with Gasteiger partial charge in [0.1, 0.15) is 5.82 Å². The lowest BCUT2D eigenvalue weighted by Crippen LogP contribution is -2.63. The molecule has 0 bridgehead atoms. The second kappa shape index (κ2) is 9.85. The van der Waals surface area contributed by atoms with Gasteiger partial charge in [-0.15, -0.1) is 0 Å². The van der Waals surface area contributed by atoms with E-state index in [1.807, 2.05) is 12.3 Å². The third-order valence-electron chi connectivity index (χ3n) is 8.14. The number of nitrogens with zero attached hydrogens (tertiary/aromatic N) is 3. The Kier molecular flexibility index (Phi) is 6.86. The first-order valence-electron chi connectivity index (χ1n) is 12.7. The highest BCUT2D eigenvalue weighted by Gasteiger charge is 2.44. The number of allylic oxidation sites excluding steroid dienone is 1. The molecule has 7 heteroatoms. The average molecular weight is 472 g/mol. The second-order valence-electron chi connectivity index (χ2n) is 10.4. The lowest BCUT2D eigenvalue weighted by Gasteiger charge is -2.49. The highest BCUT2D eigenvalue weighted by atomic mass is 35.5. The summed E-state index contributed by atoms with van der Waals surface area (Å²) in [6, 6.07) is 2.36. The van der Waals surface area contributed by atoms with Gasteiger partial charge in [-0.1, -0.05) is 50.8 Å². The normalized spacial score (nSPS) is 33.0. The molecule has 6 nitrogen and oxygen atoms in total.